The molecule has 0 N–H and O–H groups in total. The molecule has 3 rings (SSSR count). The summed E-state index contributed by atoms with van der Waals surface area (Å²) in [6.45, 7) is 2.08. The molecule has 1 aromatic heterocycles. The first kappa shape index (κ1) is 17.7. The van der Waals surface area contributed by atoms with Crippen LogP contribution >= 0.6 is 15.9 Å². The maximum absolute atomic E-state index is 13.1. The van der Waals surface area contributed by atoms with E-state index < -0.39 is 10.0 Å². The molecule has 7 heteroatoms. The Hall–Kier alpha value is -2.12. The fourth-order valence-electron chi connectivity index (χ4n) is 2.79. The third-order valence-corrected chi connectivity index (χ3v) is 7.00. The smallest absolute Gasteiger partial charge is 0.265 e. The van der Waals surface area contributed by atoms with Crippen LogP contribution in [0.4, 0.5) is 5.69 Å². The van der Waals surface area contributed by atoms with Gasteiger partial charge in [0, 0.05) is 29.5 Å². The fraction of sp³-hybridized carbons (Fsp3) is 0.167. The van der Waals surface area contributed by atoms with Crippen molar-refractivity contribution >= 4 is 42.5 Å². The van der Waals surface area contributed by atoms with Gasteiger partial charge in [0.25, 0.3) is 15.6 Å². The van der Waals surface area contributed by atoms with Crippen LogP contribution in [-0.4, -0.2) is 19.5 Å². The third kappa shape index (κ3) is 3.09. The molecule has 25 heavy (non-hydrogen) atoms. The summed E-state index contributed by atoms with van der Waals surface area (Å²) in [5.74, 6) is 0. The van der Waals surface area contributed by atoms with Gasteiger partial charge < -0.3 is 4.57 Å². The first-order valence-electron chi connectivity index (χ1n) is 7.73. The molecule has 3 aromatic rings. The molecule has 5 nitrogen and oxygen atoms in total. The minimum atomic E-state index is -3.70. The van der Waals surface area contributed by atoms with Gasteiger partial charge in [-0.2, -0.15) is 0 Å². The van der Waals surface area contributed by atoms with Crippen LogP contribution in [0.25, 0.3) is 10.9 Å². The van der Waals surface area contributed by atoms with E-state index in [-0.39, 0.29) is 10.5 Å². The normalized spacial score (nSPS) is 11.6. The summed E-state index contributed by atoms with van der Waals surface area (Å²) in [6.07, 6.45) is 0. The first-order valence-corrected chi connectivity index (χ1v) is 9.96. The molecule has 1 heterocycles. The molecular weight excluding hydrogens is 404 g/mol. The zero-order valence-corrected chi connectivity index (χ0v) is 16.2. The highest BCUT2D eigenvalue weighted by Gasteiger charge is 2.25. The van der Waals surface area contributed by atoms with Gasteiger partial charge in [0.2, 0.25) is 0 Å². The number of aromatic nitrogens is 1. The predicted octanol–water partition coefficient (Wildman–Crippen LogP) is 3.52. The molecule has 2 aromatic carbocycles. The van der Waals surface area contributed by atoms with Gasteiger partial charge in [-0.3, -0.25) is 9.10 Å². The van der Waals surface area contributed by atoms with E-state index in [1.165, 1.54) is 14.9 Å². The SMILES string of the molecule is CCN(c1ccc2c(ccc(=O)n2C)c1)S(=O)(=O)c1ccccc1Br. The number of rotatable bonds is 4. The largest absolute Gasteiger partial charge is 0.311 e. The van der Waals surface area contributed by atoms with E-state index in [4.69, 9.17) is 0 Å². The Labute approximate surface area is 154 Å². The van der Waals surface area contributed by atoms with E-state index >= 15 is 0 Å². The Bertz CT molecular complexity index is 1110. The standard InChI is InChI=1S/C18H17BrN2O3S/c1-3-21(25(23,24)17-7-5-4-6-15(17)19)14-9-10-16-13(12-14)8-11-18(22)20(16)2/h4-12H,3H2,1-2H3. The average molecular weight is 421 g/mol. The van der Waals surface area contributed by atoms with E-state index in [0.29, 0.717) is 16.7 Å². The highest BCUT2D eigenvalue weighted by Crippen LogP contribution is 2.30. The van der Waals surface area contributed by atoms with Crippen molar-refractivity contribution in [2.45, 2.75) is 11.8 Å². The molecule has 0 unspecified atom stereocenters. The second kappa shape index (κ2) is 6.65. The predicted molar refractivity (Wildman–Crippen MR) is 104 cm³/mol. The molecule has 0 spiro atoms. The van der Waals surface area contributed by atoms with Crippen molar-refractivity contribution in [1.82, 2.24) is 4.57 Å². The average Bonchev–Trinajstić information content (AvgIpc) is 2.59. The Balaban J connectivity index is 2.16. The van der Waals surface area contributed by atoms with Crippen LogP contribution in [0.5, 0.6) is 0 Å². The van der Waals surface area contributed by atoms with Crippen molar-refractivity contribution in [1.29, 1.82) is 0 Å². The molecule has 0 aliphatic carbocycles. The van der Waals surface area contributed by atoms with Crippen molar-refractivity contribution in [2.75, 3.05) is 10.8 Å². The van der Waals surface area contributed by atoms with Crippen molar-refractivity contribution in [3.63, 3.8) is 0 Å². The lowest BCUT2D eigenvalue weighted by Gasteiger charge is -2.24. The quantitative estimate of drug-likeness (QED) is 0.648. The van der Waals surface area contributed by atoms with E-state index in [1.807, 2.05) is 0 Å². The number of benzene rings is 2. The van der Waals surface area contributed by atoms with E-state index in [9.17, 15) is 13.2 Å². The van der Waals surface area contributed by atoms with E-state index in [0.717, 1.165) is 10.9 Å². The summed E-state index contributed by atoms with van der Waals surface area (Å²) in [7, 11) is -2.01. The van der Waals surface area contributed by atoms with Crippen LogP contribution < -0.4 is 9.86 Å². The summed E-state index contributed by atoms with van der Waals surface area (Å²) in [5.41, 5.74) is 1.21. The van der Waals surface area contributed by atoms with Crippen molar-refractivity contribution in [3.05, 3.63) is 69.4 Å². The van der Waals surface area contributed by atoms with Crippen LogP contribution in [0, 0.1) is 0 Å². The fourth-order valence-corrected chi connectivity index (χ4v) is 5.22. The second-order valence-corrected chi connectivity index (χ2v) is 8.26. The van der Waals surface area contributed by atoms with Gasteiger partial charge in [-0.15, -0.1) is 0 Å². The molecule has 0 saturated carbocycles. The highest BCUT2D eigenvalue weighted by molar-refractivity contribution is 9.10. The Morgan fingerprint density at radius 1 is 1.08 bits per heavy atom. The lowest BCUT2D eigenvalue weighted by Crippen LogP contribution is -2.31. The zero-order chi connectivity index (χ0) is 18.2. The van der Waals surface area contributed by atoms with Crippen LogP contribution in [0.1, 0.15) is 6.92 Å². The maximum Gasteiger partial charge on any atom is 0.265 e. The molecule has 0 aliphatic rings. The highest BCUT2D eigenvalue weighted by atomic mass is 79.9. The van der Waals surface area contributed by atoms with Crippen LogP contribution in [-0.2, 0) is 17.1 Å². The van der Waals surface area contributed by atoms with Gasteiger partial charge in [0.05, 0.1) is 11.2 Å². The van der Waals surface area contributed by atoms with Crippen molar-refractivity contribution in [3.8, 4) is 0 Å². The minimum absolute atomic E-state index is 0.103. The number of hydrogen-bond donors (Lipinski definition) is 0. The summed E-state index contributed by atoms with van der Waals surface area (Å²) < 4.78 is 29.6. The minimum Gasteiger partial charge on any atom is -0.311 e. The zero-order valence-electron chi connectivity index (χ0n) is 13.8. The molecule has 0 saturated heterocycles. The summed E-state index contributed by atoms with van der Waals surface area (Å²) in [6, 6.07) is 15.2. The number of nitrogens with zero attached hydrogens (tertiary/aromatic N) is 2. The molecule has 0 radical (unpaired) electrons. The Morgan fingerprint density at radius 2 is 1.80 bits per heavy atom. The molecule has 0 atom stereocenters. The van der Waals surface area contributed by atoms with E-state index in [2.05, 4.69) is 15.9 Å². The second-order valence-electron chi connectivity index (χ2n) is 5.57. The monoisotopic (exact) mass is 420 g/mol. The Kier molecular flexibility index (Phi) is 4.71. The number of pyridine rings is 1. The summed E-state index contributed by atoms with van der Waals surface area (Å²) >= 11 is 3.32. The number of halogens is 1. The van der Waals surface area contributed by atoms with Crippen LogP contribution in [0.15, 0.2) is 68.8 Å². The maximum atomic E-state index is 13.1. The summed E-state index contributed by atoms with van der Waals surface area (Å²) in [4.78, 5) is 12.0. The third-order valence-electron chi connectivity index (χ3n) is 4.09. The number of fused-ring (bicyclic) bond motifs is 1. The van der Waals surface area contributed by atoms with Crippen molar-refractivity contribution in [2.24, 2.45) is 7.05 Å². The molecule has 130 valence electrons. The van der Waals surface area contributed by atoms with Crippen molar-refractivity contribution < 1.29 is 8.42 Å². The van der Waals surface area contributed by atoms with Gasteiger partial charge in [-0.05, 0) is 59.3 Å². The van der Waals surface area contributed by atoms with Crippen LogP contribution in [0.2, 0.25) is 0 Å². The lowest BCUT2D eigenvalue weighted by atomic mass is 10.2. The van der Waals surface area contributed by atoms with E-state index in [1.54, 1.807) is 62.5 Å². The van der Waals surface area contributed by atoms with Gasteiger partial charge in [0.15, 0.2) is 0 Å². The van der Waals surface area contributed by atoms with Crippen LogP contribution in [0.3, 0.4) is 0 Å². The topological polar surface area (TPSA) is 59.4 Å². The number of sulfonamides is 1. The van der Waals surface area contributed by atoms with Gasteiger partial charge >= 0.3 is 0 Å². The molecule has 0 aliphatic heterocycles. The van der Waals surface area contributed by atoms with Gasteiger partial charge in [-0.25, -0.2) is 8.42 Å². The molecule has 0 bridgehead atoms. The molecular formula is C18H17BrN2O3S. The summed E-state index contributed by atoms with van der Waals surface area (Å²) in [5, 5.41) is 0.806. The van der Waals surface area contributed by atoms with Gasteiger partial charge in [-0.1, -0.05) is 12.1 Å². The molecule has 0 amide bonds. The lowest BCUT2D eigenvalue weighted by molar-refractivity contribution is 0.591. The number of hydrogen-bond acceptors (Lipinski definition) is 3. The number of anilines is 1. The van der Waals surface area contributed by atoms with Gasteiger partial charge in [0.1, 0.15) is 4.90 Å². The Morgan fingerprint density at radius 3 is 2.48 bits per heavy atom. The number of aryl methyl sites for hydroxylation is 1. The molecule has 0 fully saturated rings. The first-order chi connectivity index (χ1) is 11.9.